The van der Waals surface area contributed by atoms with Gasteiger partial charge in [-0.3, -0.25) is 0 Å². The molecule has 0 atom stereocenters. The van der Waals surface area contributed by atoms with Gasteiger partial charge in [0.2, 0.25) is 0 Å². The number of rotatable bonds is 5. The second-order valence-electron chi connectivity index (χ2n) is 6.26. The average molecular weight is 393 g/mol. The number of halogens is 2. The third-order valence-electron chi connectivity index (χ3n) is 3.08. The summed E-state index contributed by atoms with van der Waals surface area (Å²) in [5.41, 5.74) is 1.39. The van der Waals surface area contributed by atoms with Crippen LogP contribution in [0.4, 0.5) is 0 Å². The van der Waals surface area contributed by atoms with Crippen LogP contribution in [0.3, 0.4) is 0 Å². The van der Waals surface area contributed by atoms with Crippen LogP contribution >= 0.6 is 34.2 Å². The van der Waals surface area contributed by atoms with Crippen LogP contribution in [0, 0.1) is 21.5 Å². The summed E-state index contributed by atoms with van der Waals surface area (Å²) in [6.45, 7) is 7.37. The van der Waals surface area contributed by atoms with E-state index < -0.39 is 0 Å². The van der Waals surface area contributed by atoms with Gasteiger partial charge in [0.15, 0.2) is 10.9 Å². The molecule has 19 heavy (non-hydrogen) atoms. The Labute approximate surface area is 134 Å². The first-order valence-electron chi connectivity index (χ1n) is 6.67. The first-order valence-corrected chi connectivity index (χ1v) is 8.13. The van der Waals surface area contributed by atoms with Gasteiger partial charge >= 0.3 is 0 Å². The van der Waals surface area contributed by atoms with E-state index in [0.29, 0.717) is 5.15 Å². The zero-order chi connectivity index (χ0) is 14.0. The first kappa shape index (κ1) is 15.4. The van der Waals surface area contributed by atoms with Crippen molar-refractivity contribution in [2.24, 2.45) is 11.3 Å². The Morgan fingerprint density at radius 1 is 1.47 bits per heavy atom. The Morgan fingerprint density at radius 2 is 2.16 bits per heavy atom. The number of hydrogen-bond donors (Lipinski definition) is 0. The monoisotopic (exact) mass is 392 g/mol. The summed E-state index contributed by atoms with van der Waals surface area (Å²) in [6.07, 6.45) is 5.75. The van der Waals surface area contributed by atoms with Crippen LogP contribution in [0.5, 0.6) is 5.75 Å². The molecule has 1 fully saturated rings. The summed E-state index contributed by atoms with van der Waals surface area (Å²) < 4.78 is 6.74. The molecule has 1 aromatic rings. The lowest BCUT2D eigenvalue weighted by atomic mass is 9.89. The highest BCUT2D eigenvalue weighted by Crippen LogP contribution is 2.33. The Bertz CT molecular complexity index is 452. The van der Waals surface area contributed by atoms with Gasteiger partial charge in [0.25, 0.3) is 0 Å². The minimum absolute atomic E-state index is 0.206. The van der Waals surface area contributed by atoms with Gasteiger partial charge in [-0.25, -0.2) is 4.98 Å². The number of hydrogen-bond acceptors (Lipinski definition) is 2. The fraction of sp³-hybridized carbons (Fsp3) is 0.600. The highest BCUT2D eigenvalue weighted by atomic mass is 127. The highest BCUT2D eigenvalue weighted by Gasteiger charge is 2.23. The van der Waals surface area contributed by atoms with Crippen molar-refractivity contribution < 1.29 is 4.74 Å². The van der Waals surface area contributed by atoms with E-state index in [1.165, 1.54) is 18.4 Å². The Hall–Kier alpha value is -0.0300. The predicted octanol–water partition coefficient (Wildman–Crippen LogP) is 4.92. The molecule has 0 spiro atoms. The fourth-order valence-electron chi connectivity index (χ4n) is 1.64. The van der Waals surface area contributed by atoms with Gasteiger partial charge in [0.1, 0.15) is 3.70 Å². The summed E-state index contributed by atoms with van der Waals surface area (Å²) in [4.78, 5) is 4.38. The quantitative estimate of drug-likeness (QED) is 0.524. The molecule has 1 aromatic heterocycles. The summed E-state index contributed by atoms with van der Waals surface area (Å²) >= 11 is 8.38. The minimum atomic E-state index is 0.206. The molecule has 1 heterocycles. The number of aromatic nitrogens is 1. The SMILES string of the molecule is CC(C)(C)[CH]Cc1cc(OCC2CC2)c(Cl)nc1I. The molecule has 2 nitrogen and oxygen atoms in total. The van der Waals surface area contributed by atoms with E-state index >= 15 is 0 Å². The zero-order valence-corrected chi connectivity index (χ0v) is 14.6. The molecule has 2 rings (SSSR count). The van der Waals surface area contributed by atoms with E-state index in [2.05, 4.69) is 54.8 Å². The maximum atomic E-state index is 6.14. The molecule has 105 valence electrons. The molecule has 0 saturated heterocycles. The molecule has 1 radical (unpaired) electrons. The smallest absolute Gasteiger partial charge is 0.172 e. The standard InChI is InChI=1S/C15H20ClINO/c1-15(2,3)7-6-11-8-12(13(16)18-14(11)17)19-9-10-4-5-10/h7-8,10H,4-6,9H2,1-3H3. The van der Waals surface area contributed by atoms with Gasteiger partial charge in [-0.1, -0.05) is 32.4 Å². The zero-order valence-electron chi connectivity index (χ0n) is 11.7. The predicted molar refractivity (Wildman–Crippen MR) is 87.6 cm³/mol. The van der Waals surface area contributed by atoms with E-state index in [1.807, 2.05) is 6.07 Å². The summed E-state index contributed by atoms with van der Waals surface area (Å²) in [7, 11) is 0. The second kappa shape index (κ2) is 6.17. The lowest BCUT2D eigenvalue weighted by molar-refractivity contribution is 0.298. The minimum Gasteiger partial charge on any atom is -0.490 e. The van der Waals surface area contributed by atoms with E-state index in [-0.39, 0.29) is 5.41 Å². The van der Waals surface area contributed by atoms with E-state index in [1.54, 1.807) is 0 Å². The molecule has 0 unspecified atom stereocenters. The summed E-state index contributed by atoms with van der Waals surface area (Å²) in [5.74, 6) is 1.45. The third-order valence-corrected chi connectivity index (χ3v) is 4.28. The van der Waals surface area contributed by atoms with Crippen LogP contribution in [0.2, 0.25) is 5.15 Å². The first-order chi connectivity index (χ1) is 8.85. The molecule has 0 aromatic carbocycles. The van der Waals surface area contributed by atoms with Crippen molar-refractivity contribution in [3.63, 3.8) is 0 Å². The van der Waals surface area contributed by atoms with Crippen LogP contribution < -0.4 is 4.74 Å². The summed E-state index contributed by atoms with van der Waals surface area (Å²) in [6, 6.07) is 2.04. The van der Waals surface area contributed by atoms with Crippen molar-refractivity contribution in [1.82, 2.24) is 4.98 Å². The van der Waals surface area contributed by atoms with Gasteiger partial charge < -0.3 is 4.74 Å². The van der Waals surface area contributed by atoms with Gasteiger partial charge in [-0.2, -0.15) is 0 Å². The van der Waals surface area contributed by atoms with Crippen molar-refractivity contribution >= 4 is 34.2 Å². The van der Waals surface area contributed by atoms with Crippen molar-refractivity contribution in [3.8, 4) is 5.75 Å². The van der Waals surface area contributed by atoms with Crippen molar-refractivity contribution in [2.75, 3.05) is 6.61 Å². The highest BCUT2D eigenvalue weighted by molar-refractivity contribution is 14.1. The second-order valence-corrected chi connectivity index (χ2v) is 7.64. The van der Waals surface area contributed by atoms with E-state index in [9.17, 15) is 0 Å². The largest absolute Gasteiger partial charge is 0.490 e. The Balaban J connectivity index is 2.06. The van der Waals surface area contributed by atoms with Gasteiger partial charge in [0.05, 0.1) is 6.61 Å². The number of nitrogens with zero attached hydrogens (tertiary/aromatic N) is 1. The maximum absolute atomic E-state index is 6.14. The Kier molecular flexibility index (Phi) is 4.99. The molecule has 0 aliphatic heterocycles. The molecule has 1 aliphatic rings. The van der Waals surface area contributed by atoms with Gasteiger partial charge in [-0.05, 0) is 71.2 Å². The van der Waals surface area contributed by atoms with Gasteiger partial charge in [-0.15, -0.1) is 0 Å². The molecule has 1 saturated carbocycles. The average Bonchev–Trinajstić information content (AvgIpc) is 3.09. The van der Waals surface area contributed by atoms with E-state index in [0.717, 1.165) is 28.4 Å². The molecule has 0 amide bonds. The molecule has 1 aliphatic carbocycles. The van der Waals surface area contributed by atoms with E-state index in [4.69, 9.17) is 16.3 Å². The van der Waals surface area contributed by atoms with Crippen molar-refractivity contribution in [3.05, 3.63) is 26.9 Å². The lowest BCUT2D eigenvalue weighted by Gasteiger charge is -2.18. The van der Waals surface area contributed by atoms with Crippen LogP contribution in [-0.2, 0) is 6.42 Å². The summed E-state index contributed by atoms with van der Waals surface area (Å²) in [5, 5.41) is 0.476. The van der Waals surface area contributed by atoms with Crippen molar-refractivity contribution in [1.29, 1.82) is 0 Å². The molecule has 4 heteroatoms. The molecular weight excluding hydrogens is 373 g/mol. The molecule has 0 bridgehead atoms. The number of ether oxygens (including phenoxy) is 1. The maximum Gasteiger partial charge on any atom is 0.172 e. The Morgan fingerprint density at radius 3 is 2.74 bits per heavy atom. The van der Waals surface area contributed by atoms with Crippen LogP contribution in [0.25, 0.3) is 0 Å². The van der Waals surface area contributed by atoms with Crippen LogP contribution in [0.15, 0.2) is 6.07 Å². The van der Waals surface area contributed by atoms with Crippen LogP contribution in [-0.4, -0.2) is 11.6 Å². The third kappa shape index (κ3) is 5.10. The van der Waals surface area contributed by atoms with Crippen LogP contribution in [0.1, 0.15) is 39.2 Å². The topological polar surface area (TPSA) is 22.1 Å². The van der Waals surface area contributed by atoms with Crippen molar-refractivity contribution in [2.45, 2.75) is 40.0 Å². The molecular formula is C15H20ClINO. The lowest BCUT2D eigenvalue weighted by Crippen LogP contribution is -2.09. The number of pyridine rings is 1. The normalized spacial score (nSPS) is 15.6. The van der Waals surface area contributed by atoms with Gasteiger partial charge in [0, 0.05) is 0 Å². The fourth-order valence-corrected chi connectivity index (χ4v) is 2.60. The molecule has 0 N–H and O–H groups in total.